The molecule has 0 unspecified atom stereocenters. The summed E-state index contributed by atoms with van der Waals surface area (Å²) in [5, 5.41) is 0. The van der Waals surface area contributed by atoms with Gasteiger partial charge in [-0.15, -0.1) is 0 Å². The molecular weight excluding hydrogens is 154 g/mol. The van der Waals surface area contributed by atoms with Crippen molar-refractivity contribution in [2.75, 3.05) is 14.2 Å². The molecule has 0 bridgehead atoms. The van der Waals surface area contributed by atoms with Gasteiger partial charge in [0.1, 0.15) is 11.4 Å². The van der Waals surface area contributed by atoms with Crippen molar-refractivity contribution in [3.8, 4) is 11.6 Å². The Hall–Kier alpha value is -1.51. The molecule has 0 aliphatic carbocycles. The molecule has 3 heteroatoms. The molecule has 1 aromatic rings. The van der Waals surface area contributed by atoms with Crippen LogP contribution in [0.3, 0.4) is 0 Å². The van der Waals surface area contributed by atoms with E-state index in [1.165, 1.54) is 0 Å². The lowest BCUT2D eigenvalue weighted by Crippen LogP contribution is -1.93. The van der Waals surface area contributed by atoms with Gasteiger partial charge >= 0.3 is 0 Å². The lowest BCUT2D eigenvalue weighted by molar-refractivity contribution is 0.386. The maximum atomic E-state index is 5.05. The average molecular weight is 165 g/mol. The fourth-order valence-corrected chi connectivity index (χ4v) is 0.876. The molecule has 0 aliphatic heterocycles. The molecule has 0 aromatic carbocycles. The van der Waals surface area contributed by atoms with Crippen molar-refractivity contribution in [3.05, 3.63) is 24.4 Å². The van der Waals surface area contributed by atoms with E-state index in [0.717, 1.165) is 0 Å². The fourth-order valence-electron chi connectivity index (χ4n) is 0.876. The molecule has 0 fully saturated rings. The third kappa shape index (κ3) is 1.56. The monoisotopic (exact) mass is 165 g/mol. The minimum atomic E-state index is 0.561. The topological polar surface area (TPSA) is 31.4 Å². The number of aromatic nitrogens is 1. The summed E-state index contributed by atoms with van der Waals surface area (Å²) in [7, 11) is 3.16. The first-order valence-corrected chi connectivity index (χ1v) is 3.53. The molecule has 0 saturated carbocycles. The Kier molecular flexibility index (Phi) is 2.69. The van der Waals surface area contributed by atoms with Crippen molar-refractivity contribution in [1.82, 2.24) is 4.98 Å². The van der Waals surface area contributed by atoms with Crippen LogP contribution in [0.25, 0.3) is 6.08 Å². The van der Waals surface area contributed by atoms with Crippen LogP contribution < -0.4 is 9.47 Å². The predicted molar refractivity (Wildman–Crippen MR) is 47.4 cm³/mol. The molecule has 0 radical (unpaired) electrons. The highest BCUT2D eigenvalue weighted by Gasteiger charge is 2.01. The van der Waals surface area contributed by atoms with Crippen LogP contribution in [0.4, 0.5) is 0 Å². The Bertz CT molecular complexity index is 284. The first-order valence-electron chi connectivity index (χ1n) is 3.53. The summed E-state index contributed by atoms with van der Waals surface area (Å²) in [4.78, 5) is 4.12. The molecule has 0 aliphatic rings. The third-order valence-electron chi connectivity index (χ3n) is 1.48. The minimum absolute atomic E-state index is 0.561. The second-order valence-corrected chi connectivity index (χ2v) is 2.15. The first kappa shape index (κ1) is 8.59. The van der Waals surface area contributed by atoms with E-state index in [1.807, 2.05) is 0 Å². The van der Waals surface area contributed by atoms with Gasteiger partial charge in [-0.2, -0.15) is 0 Å². The summed E-state index contributed by atoms with van der Waals surface area (Å²) in [6.07, 6.45) is 1.63. The van der Waals surface area contributed by atoms with Crippen LogP contribution in [0.15, 0.2) is 18.7 Å². The van der Waals surface area contributed by atoms with Crippen molar-refractivity contribution in [1.29, 1.82) is 0 Å². The zero-order chi connectivity index (χ0) is 8.97. The van der Waals surface area contributed by atoms with Gasteiger partial charge in [0.2, 0.25) is 5.88 Å². The van der Waals surface area contributed by atoms with Crippen LogP contribution in [0.5, 0.6) is 11.6 Å². The summed E-state index contributed by atoms with van der Waals surface area (Å²) in [6.45, 7) is 3.62. The van der Waals surface area contributed by atoms with Crippen LogP contribution >= 0.6 is 0 Å². The van der Waals surface area contributed by atoms with Crippen molar-refractivity contribution < 1.29 is 9.47 Å². The second-order valence-electron chi connectivity index (χ2n) is 2.15. The third-order valence-corrected chi connectivity index (χ3v) is 1.48. The number of methoxy groups -OCH3 is 2. The molecule has 12 heavy (non-hydrogen) atoms. The number of ether oxygens (including phenoxy) is 2. The number of pyridine rings is 1. The smallest absolute Gasteiger partial charge is 0.213 e. The Labute approximate surface area is 71.6 Å². The van der Waals surface area contributed by atoms with E-state index in [2.05, 4.69) is 11.6 Å². The molecular formula is C9H11NO2. The van der Waals surface area contributed by atoms with Gasteiger partial charge < -0.3 is 9.47 Å². The lowest BCUT2D eigenvalue weighted by atomic mass is 10.3. The standard InChI is InChI=1S/C9H11NO2/c1-4-7-8(11-2)5-6-9(10-7)12-3/h4-6H,1H2,2-3H3. The summed E-state index contributed by atoms with van der Waals surface area (Å²) in [5.74, 6) is 1.26. The van der Waals surface area contributed by atoms with Crippen molar-refractivity contribution in [2.24, 2.45) is 0 Å². The Balaban J connectivity index is 3.10. The van der Waals surface area contributed by atoms with E-state index in [-0.39, 0.29) is 0 Å². The van der Waals surface area contributed by atoms with Crippen molar-refractivity contribution >= 4 is 6.08 Å². The van der Waals surface area contributed by atoms with E-state index in [1.54, 1.807) is 32.4 Å². The van der Waals surface area contributed by atoms with Gasteiger partial charge in [0.15, 0.2) is 0 Å². The molecule has 64 valence electrons. The van der Waals surface area contributed by atoms with E-state index in [4.69, 9.17) is 9.47 Å². The number of hydrogen-bond donors (Lipinski definition) is 0. The summed E-state index contributed by atoms with van der Waals surface area (Å²) >= 11 is 0. The summed E-state index contributed by atoms with van der Waals surface area (Å²) in [6, 6.07) is 3.54. The van der Waals surface area contributed by atoms with E-state index >= 15 is 0 Å². The van der Waals surface area contributed by atoms with Crippen LogP contribution in [0.1, 0.15) is 5.69 Å². The second kappa shape index (κ2) is 3.76. The van der Waals surface area contributed by atoms with Gasteiger partial charge in [-0.05, 0) is 12.1 Å². The van der Waals surface area contributed by atoms with Crippen LogP contribution in [-0.4, -0.2) is 19.2 Å². The molecule has 1 rings (SSSR count). The molecule has 0 saturated heterocycles. The average Bonchev–Trinajstić information content (AvgIpc) is 2.16. The maximum Gasteiger partial charge on any atom is 0.213 e. The van der Waals surface area contributed by atoms with Crippen LogP contribution in [-0.2, 0) is 0 Å². The Morgan fingerprint density at radius 1 is 1.33 bits per heavy atom. The van der Waals surface area contributed by atoms with Crippen LogP contribution in [0.2, 0.25) is 0 Å². The summed E-state index contributed by atoms with van der Waals surface area (Å²) < 4.78 is 9.99. The largest absolute Gasteiger partial charge is 0.494 e. The minimum Gasteiger partial charge on any atom is -0.494 e. The number of hydrogen-bond acceptors (Lipinski definition) is 3. The lowest BCUT2D eigenvalue weighted by Gasteiger charge is -2.04. The quantitative estimate of drug-likeness (QED) is 0.683. The van der Waals surface area contributed by atoms with Crippen molar-refractivity contribution in [2.45, 2.75) is 0 Å². The zero-order valence-electron chi connectivity index (χ0n) is 7.20. The molecule has 1 aromatic heterocycles. The molecule has 0 atom stereocenters. The molecule has 0 amide bonds. The predicted octanol–water partition coefficient (Wildman–Crippen LogP) is 1.74. The van der Waals surface area contributed by atoms with Crippen LogP contribution in [0, 0.1) is 0 Å². The van der Waals surface area contributed by atoms with Gasteiger partial charge in [0.25, 0.3) is 0 Å². The van der Waals surface area contributed by atoms with Gasteiger partial charge in [0, 0.05) is 6.07 Å². The SMILES string of the molecule is C=Cc1nc(OC)ccc1OC. The van der Waals surface area contributed by atoms with E-state index in [9.17, 15) is 0 Å². The van der Waals surface area contributed by atoms with Gasteiger partial charge in [-0.1, -0.05) is 6.58 Å². The highest BCUT2D eigenvalue weighted by molar-refractivity contribution is 5.51. The molecule has 3 nitrogen and oxygen atoms in total. The van der Waals surface area contributed by atoms with E-state index in [0.29, 0.717) is 17.3 Å². The Morgan fingerprint density at radius 3 is 2.58 bits per heavy atom. The Morgan fingerprint density at radius 2 is 2.08 bits per heavy atom. The van der Waals surface area contributed by atoms with Gasteiger partial charge in [-0.3, -0.25) is 0 Å². The van der Waals surface area contributed by atoms with Gasteiger partial charge in [0.05, 0.1) is 14.2 Å². The van der Waals surface area contributed by atoms with Gasteiger partial charge in [-0.25, -0.2) is 4.98 Å². The first-order chi connectivity index (χ1) is 5.81. The number of nitrogens with zero attached hydrogens (tertiary/aromatic N) is 1. The molecule has 1 heterocycles. The zero-order valence-corrected chi connectivity index (χ0v) is 7.20. The normalized spacial score (nSPS) is 9.17. The van der Waals surface area contributed by atoms with Crippen molar-refractivity contribution in [3.63, 3.8) is 0 Å². The maximum absolute atomic E-state index is 5.05. The summed E-state index contributed by atoms with van der Waals surface area (Å²) in [5.41, 5.74) is 0.692. The highest BCUT2D eigenvalue weighted by Crippen LogP contribution is 2.20. The highest BCUT2D eigenvalue weighted by atomic mass is 16.5. The van der Waals surface area contributed by atoms with E-state index < -0.39 is 0 Å². The molecule has 0 N–H and O–H groups in total. The number of rotatable bonds is 3. The molecule has 0 spiro atoms. The fraction of sp³-hybridized carbons (Fsp3) is 0.222.